The van der Waals surface area contributed by atoms with E-state index in [0.29, 0.717) is 35.4 Å². The van der Waals surface area contributed by atoms with Gasteiger partial charge >= 0.3 is 5.97 Å². The first-order valence-electron chi connectivity index (χ1n) is 10.3. The second-order valence-corrected chi connectivity index (χ2v) is 7.64. The zero-order chi connectivity index (χ0) is 21.8. The Hall–Kier alpha value is -3.23. The molecule has 1 saturated heterocycles. The number of para-hydroxylation sites is 1. The summed E-state index contributed by atoms with van der Waals surface area (Å²) >= 11 is 0. The molecule has 1 aliphatic heterocycles. The van der Waals surface area contributed by atoms with E-state index in [1.165, 1.54) is 18.4 Å². The fourth-order valence-corrected chi connectivity index (χ4v) is 3.87. The van der Waals surface area contributed by atoms with Crippen LogP contribution in [0.25, 0.3) is 10.9 Å². The lowest BCUT2D eigenvalue weighted by molar-refractivity contribution is 0.0601. The van der Waals surface area contributed by atoms with Gasteiger partial charge < -0.3 is 19.4 Å². The van der Waals surface area contributed by atoms with E-state index < -0.39 is 5.97 Å². The van der Waals surface area contributed by atoms with Gasteiger partial charge in [0.25, 0.3) is 5.56 Å². The summed E-state index contributed by atoms with van der Waals surface area (Å²) < 4.78 is 10.2. The number of methoxy groups -OCH3 is 1. The number of ether oxygens (including phenoxy) is 2. The molecule has 1 fully saturated rings. The van der Waals surface area contributed by atoms with Crippen molar-refractivity contribution in [1.29, 1.82) is 0 Å². The van der Waals surface area contributed by atoms with Crippen molar-refractivity contribution in [2.75, 3.05) is 45.4 Å². The van der Waals surface area contributed by atoms with Crippen LogP contribution in [-0.4, -0.2) is 61.3 Å². The number of hydrogen-bond donors (Lipinski definition) is 1. The normalized spacial score (nSPS) is 14.2. The molecule has 2 aromatic carbocycles. The van der Waals surface area contributed by atoms with Crippen LogP contribution in [0.4, 0.5) is 5.69 Å². The molecule has 3 aromatic rings. The quantitative estimate of drug-likeness (QED) is 0.609. The van der Waals surface area contributed by atoms with Gasteiger partial charge in [-0.1, -0.05) is 18.2 Å². The third-order valence-electron chi connectivity index (χ3n) is 5.38. The van der Waals surface area contributed by atoms with Gasteiger partial charge in [0.1, 0.15) is 5.82 Å². The molecule has 1 aliphatic rings. The van der Waals surface area contributed by atoms with Gasteiger partial charge in [0.15, 0.2) is 0 Å². The third kappa shape index (κ3) is 4.76. The number of morpholine rings is 1. The summed E-state index contributed by atoms with van der Waals surface area (Å²) in [6.45, 7) is 4.40. The third-order valence-corrected chi connectivity index (χ3v) is 5.38. The second kappa shape index (κ2) is 9.28. The minimum atomic E-state index is -0.456. The number of fused-ring (bicyclic) bond motifs is 1. The van der Waals surface area contributed by atoms with Crippen LogP contribution in [0.15, 0.2) is 47.3 Å². The summed E-state index contributed by atoms with van der Waals surface area (Å²) in [6.07, 6.45) is 0. The SMILES string of the molecule is COC(=O)c1ccc2c(=O)[nH]c(CN(C)Cc3ccccc3N3CCOCC3)nc2c1. The van der Waals surface area contributed by atoms with Crippen molar-refractivity contribution < 1.29 is 14.3 Å². The van der Waals surface area contributed by atoms with Crippen LogP contribution >= 0.6 is 0 Å². The molecule has 0 saturated carbocycles. The van der Waals surface area contributed by atoms with Gasteiger partial charge in [-0.25, -0.2) is 9.78 Å². The van der Waals surface area contributed by atoms with Crippen LogP contribution in [0.5, 0.6) is 0 Å². The van der Waals surface area contributed by atoms with E-state index in [-0.39, 0.29) is 5.56 Å². The average Bonchev–Trinajstić information content (AvgIpc) is 2.79. The number of esters is 1. The summed E-state index contributed by atoms with van der Waals surface area (Å²) in [5.41, 5.74) is 3.04. The largest absolute Gasteiger partial charge is 0.465 e. The number of nitrogens with zero attached hydrogens (tertiary/aromatic N) is 3. The lowest BCUT2D eigenvalue weighted by Gasteiger charge is -2.31. The Kier molecular flexibility index (Phi) is 6.29. The molecular formula is C23H26N4O4. The summed E-state index contributed by atoms with van der Waals surface area (Å²) in [6, 6.07) is 13.1. The van der Waals surface area contributed by atoms with Crippen molar-refractivity contribution >= 4 is 22.6 Å². The van der Waals surface area contributed by atoms with Crippen LogP contribution in [0.3, 0.4) is 0 Å². The van der Waals surface area contributed by atoms with Crippen molar-refractivity contribution in [1.82, 2.24) is 14.9 Å². The van der Waals surface area contributed by atoms with Gasteiger partial charge in [-0.2, -0.15) is 0 Å². The molecule has 31 heavy (non-hydrogen) atoms. The molecule has 2 heterocycles. The van der Waals surface area contributed by atoms with E-state index >= 15 is 0 Å². The minimum Gasteiger partial charge on any atom is -0.465 e. The highest BCUT2D eigenvalue weighted by Crippen LogP contribution is 2.23. The topological polar surface area (TPSA) is 87.8 Å². The van der Waals surface area contributed by atoms with Crippen molar-refractivity contribution in [3.8, 4) is 0 Å². The Bertz CT molecular complexity index is 1140. The molecule has 0 spiro atoms. The van der Waals surface area contributed by atoms with Gasteiger partial charge in [0.05, 0.1) is 43.3 Å². The number of anilines is 1. The minimum absolute atomic E-state index is 0.224. The smallest absolute Gasteiger partial charge is 0.337 e. The Labute approximate surface area is 180 Å². The number of carbonyl (C=O) groups is 1. The average molecular weight is 422 g/mol. The first kappa shape index (κ1) is 21.0. The fraction of sp³-hybridized carbons (Fsp3) is 0.348. The van der Waals surface area contributed by atoms with E-state index in [4.69, 9.17) is 9.47 Å². The molecule has 1 aromatic heterocycles. The molecule has 1 N–H and O–H groups in total. The van der Waals surface area contributed by atoms with Gasteiger partial charge in [-0.05, 0) is 36.9 Å². The summed E-state index contributed by atoms with van der Waals surface area (Å²) in [5, 5.41) is 0.441. The van der Waals surface area contributed by atoms with E-state index in [0.717, 1.165) is 26.3 Å². The Balaban J connectivity index is 1.54. The molecule has 0 aliphatic carbocycles. The maximum Gasteiger partial charge on any atom is 0.337 e. The number of hydrogen-bond acceptors (Lipinski definition) is 7. The zero-order valence-corrected chi connectivity index (χ0v) is 17.8. The van der Waals surface area contributed by atoms with Gasteiger partial charge in [0, 0.05) is 25.3 Å². The Morgan fingerprint density at radius 2 is 1.97 bits per heavy atom. The molecule has 8 nitrogen and oxygen atoms in total. The fourth-order valence-electron chi connectivity index (χ4n) is 3.87. The number of aromatic nitrogens is 2. The van der Waals surface area contributed by atoms with E-state index in [1.807, 2.05) is 13.1 Å². The summed E-state index contributed by atoms with van der Waals surface area (Å²) in [4.78, 5) is 36.2. The molecule has 162 valence electrons. The molecule has 0 atom stereocenters. The number of rotatable bonds is 6. The van der Waals surface area contributed by atoms with Crippen molar-refractivity contribution in [3.05, 3.63) is 69.8 Å². The standard InChI is InChI=1S/C23H26N4O4/c1-26(14-17-5-3-4-6-20(17)27-9-11-31-12-10-27)15-21-24-19-13-16(23(29)30-2)7-8-18(19)22(28)25-21/h3-8,13H,9-12,14-15H2,1-2H3,(H,24,25,28). The van der Waals surface area contributed by atoms with Crippen molar-refractivity contribution in [3.63, 3.8) is 0 Å². The van der Waals surface area contributed by atoms with Crippen LogP contribution in [0.1, 0.15) is 21.7 Å². The maximum absolute atomic E-state index is 12.5. The first-order valence-corrected chi connectivity index (χ1v) is 10.3. The first-order chi connectivity index (χ1) is 15.0. The number of carbonyl (C=O) groups excluding carboxylic acids is 1. The number of H-pyrrole nitrogens is 1. The van der Waals surface area contributed by atoms with Gasteiger partial charge in [-0.3, -0.25) is 9.69 Å². The Morgan fingerprint density at radius 1 is 1.19 bits per heavy atom. The highest BCUT2D eigenvalue weighted by molar-refractivity contribution is 5.93. The lowest BCUT2D eigenvalue weighted by Crippen LogP contribution is -2.37. The van der Waals surface area contributed by atoms with Crippen molar-refractivity contribution in [2.45, 2.75) is 13.1 Å². The molecule has 4 rings (SSSR count). The molecule has 0 unspecified atom stereocenters. The predicted molar refractivity (Wildman–Crippen MR) is 118 cm³/mol. The van der Waals surface area contributed by atoms with Gasteiger partial charge in [-0.15, -0.1) is 0 Å². The highest BCUT2D eigenvalue weighted by Gasteiger charge is 2.16. The zero-order valence-electron chi connectivity index (χ0n) is 17.8. The molecule has 0 bridgehead atoms. The summed E-state index contributed by atoms with van der Waals surface area (Å²) in [7, 11) is 3.32. The summed E-state index contributed by atoms with van der Waals surface area (Å²) in [5.74, 6) is 0.0910. The van der Waals surface area contributed by atoms with E-state index in [1.54, 1.807) is 18.2 Å². The molecule has 0 radical (unpaired) electrons. The van der Waals surface area contributed by atoms with Crippen LogP contribution in [0, 0.1) is 0 Å². The Morgan fingerprint density at radius 3 is 2.74 bits per heavy atom. The van der Waals surface area contributed by atoms with Crippen LogP contribution in [-0.2, 0) is 22.6 Å². The van der Waals surface area contributed by atoms with Crippen LogP contribution in [0.2, 0.25) is 0 Å². The van der Waals surface area contributed by atoms with E-state index in [9.17, 15) is 9.59 Å². The number of nitrogens with one attached hydrogen (secondary N) is 1. The lowest BCUT2D eigenvalue weighted by atomic mass is 10.1. The van der Waals surface area contributed by atoms with Crippen molar-refractivity contribution in [2.24, 2.45) is 0 Å². The number of aromatic amines is 1. The molecule has 0 amide bonds. The highest BCUT2D eigenvalue weighted by atomic mass is 16.5. The van der Waals surface area contributed by atoms with Crippen LogP contribution < -0.4 is 10.5 Å². The second-order valence-electron chi connectivity index (χ2n) is 7.64. The predicted octanol–water partition coefficient (Wildman–Crippen LogP) is 2.18. The number of benzene rings is 2. The van der Waals surface area contributed by atoms with E-state index in [2.05, 4.69) is 38.0 Å². The van der Waals surface area contributed by atoms with Gasteiger partial charge in [0.2, 0.25) is 0 Å². The monoisotopic (exact) mass is 422 g/mol. The molecule has 8 heteroatoms. The maximum atomic E-state index is 12.5. The molecular weight excluding hydrogens is 396 g/mol.